The smallest absolute Gasteiger partial charge is 0.322 e. The average Bonchev–Trinajstić information content (AvgIpc) is 3.61. The van der Waals surface area contributed by atoms with Crippen LogP contribution in [0.2, 0.25) is 0 Å². The second-order valence-corrected chi connectivity index (χ2v) is 7.74. The van der Waals surface area contributed by atoms with Crippen LogP contribution in [0.5, 0.6) is 0 Å². The van der Waals surface area contributed by atoms with Gasteiger partial charge in [0.05, 0.1) is 23.0 Å². The minimum absolute atomic E-state index is 0.0314. The number of furan rings is 1. The third-order valence-electron chi connectivity index (χ3n) is 5.50. The fraction of sp³-hybridized carbons (Fsp3) is 0. The summed E-state index contributed by atoms with van der Waals surface area (Å²) in [6.45, 7) is 0. The summed E-state index contributed by atoms with van der Waals surface area (Å²) in [5.41, 5.74) is 4.56. The quantitative estimate of drug-likeness (QED) is 0.344. The Bertz CT molecular complexity index is 1630. The van der Waals surface area contributed by atoms with E-state index in [2.05, 4.69) is 20.5 Å². The Morgan fingerprint density at radius 3 is 2.51 bits per heavy atom. The van der Waals surface area contributed by atoms with E-state index in [1.54, 1.807) is 30.6 Å². The van der Waals surface area contributed by atoms with Crippen LogP contribution < -0.4 is 5.32 Å². The fourth-order valence-electron chi connectivity index (χ4n) is 3.82. The minimum atomic E-state index is -0.396. The molecule has 1 N–H and O–H groups in total. The molecule has 168 valence electrons. The lowest BCUT2D eigenvalue weighted by molar-refractivity contribution is 0.102. The second-order valence-electron chi connectivity index (χ2n) is 7.74. The topological polar surface area (TPSA) is 107 Å². The molecule has 2 aromatic carbocycles. The predicted molar refractivity (Wildman–Crippen MR) is 130 cm³/mol. The maximum absolute atomic E-state index is 13.5. The number of carbonyl (C=O) groups excluding carboxylic acids is 1. The number of benzene rings is 2. The molecule has 0 saturated heterocycles. The summed E-state index contributed by atoms with van der Waals surface area (Å²) in [5.74, 6) is 0.195. The highest BCUT2D eigenvalue weighted by Crippen LogP contribution is 2.30. The molecule has 0 aliphatic rings. The van der Waals surface area contributed by atoms with E-state index in [4.69, 9.17) is 13.8 Å². The van der Waals surface area contributed by atoms with Crippen molar-refractivity contribution in [1.29, 1.82) is 0 Å². The number of carbonyl (C=O) groups is 1. The lowest BCUT2D eigenvalue weighted by atomic mass is 9.99. The number of hydrogen-bond donors (Lipinski definition) is 1. The van der Waals surface area contributed by atoms with Gasteiger partial charge in [-0.1, -0.05) is 47.6 Å². The van der Waals surface area contributed by atoms with Gasteiger partial charge in [0.15, 0.2) is 5.76 Å². The van der Waals surface area contributed by atoms with E-state index in [9.17, 15) is 4.79 Å². The summed E-state index contributed by atoms with van der Waals surface area (Å²) < 4.78 is 10.8. The Labute approximate surface area is 199 Å². The predicted octanol–water partition coefficient (Wildman–Crippen LogP) is 5.86. The van der Waals surface area contributed by atoms with Gasteiger partial charge in [-0.3, -0.25) is 15.1 Å². The maximum atomic E-state index is 13.5. The third kappa shape index (κ3) is 4.04. The summed E-state index contributed by atoms with van der Waals surface area (Å²) >= 11 is 0. The zero-order valence-corrected chi connectivity index (χ0v) is 18.3. The van der Waals surface area contributed by atoms with E-state index in [0.29, 0.717) is 27.9 Å². The van der Waals surface area contributed by atoms with Gasteiger partial charge < -0.3 is 8.83 Å². The molecule has 0 spiro atoms. The van der Waals surface area contributed by atoms with Crippen LogP contribution in [0, 0.1) is 0 Å². The largest absolute Gasteiger partial charge is 0.459 e. The molecule has 0 aliphatic heterocycles. The number of pyridine rings is 2. The minimum Gasteiger partial charge on any atom is -0.459 e. The number of nitrogens with one attached hydrogen (secondary N) is 1. The van der Waals surface area contributed by atoms with Crippen LogP contribution in [0.4, 0.5) is 6.01 Å². The summed E-state index contributed by atoms with van der Waals surface area (Å²) in [6, 6.07) is 24.5. The first-order valence-electron chi connectivity index (χ1n) is 10.8. The van der Waals surface area contributed by atoms with Gasteiger partial charge in [-0.05, 0) is 42.0 Å². The van der Waals surface area contributed by atoms with Crippen molar-refractivity contribution in [3.63, 3.8) is 0 Å². The highest BCUT2D eigenvalue weighted by Gasteiger charge is 2.18. The van der Waals surface area contributed by atoms with Crippen LogP contribution in [0.15, 0.2) is 106 Å². The van der Waals surface area contributed by atoms with Gasteiger partial charge in [-0.2, -0.15) is 0 Å². The molecule has 8 nitrogen and oxygen atoms in total. The lowest BCUT2D eigenvalue weighted by Crippen LogP contribution is -2.13. The molecular formula is C27H17N5O3. The van der Waals surface area contributed by atoms with Crippen molar-refractivity contribution in [2.75, 3.05) is 5.32 Å². The fourth-order valence-corrected chi connectivity index (χ4v) is 3.82. The van der Waals surface area contributed by atoms with E-state index in [1.165, 1.54) is 6.26 Å². The van der Waals surface area contributed by atoms with Crippen molar-refractivity contribution >= 4 is 22.8 Å². The van der Waals surface area contributed by atoms with Gasteiger partial charge in [0.1, 0.15) is 0 Å². The lowest BCUT2D eigenvalue weighted by Gasteiger charge is -2.11. The van der Waals surface area contributed by atoms with Crippen molar-refractivity contribution in [2.45, 2.75) is 0 Å². The summed E-state index contributed by atoms with van der Waals surface area (Å²) in [4.78, 5) is 22.5. The first kappa shape index (κ1) is 20.5. The third-order valence-corrected chi connectivity index (χ3v) is 5.50. The van der Waals surface area contributed by atoms with Gasteiger partial charge >= 0.3 is 6.01 Å². The first-order valence-corrected chi connectivity index (χ1v) is 10.8. The van der Waals surface area contributed by atoms with E-state index >= 15 is 0 Å². The van der Waals surface area contributed by atoms with E-state index in [0.717, 1.165) is 16.7 Å². The zero-order chi connectivity index (χ0) is 23.6. The number of hydrogen-bond acceptors (Lipinski definition) is 7. The van der Waals surface area contributed by atoms with Crippen LogP contribution in [-0.2, 0) is 0 Å². The van der Waals surface area contributed by atoms with Gasteiger partial charge in [0, 0.05) is 28.9 Å². The number of fused-ring (bicyclic) bond motifs is 1. The van der Waals surface area contributed by atoms with Crippen LogP contribution in [-0.4, -0.2) is 26.1 Å². The average molecular weight is 459 g/mol. The van der Waals surface area contributed by atoms with Crippen molar-refractivity contribution in [1.82, 2.24) is 20.2 Å². The molecule has 8 heteroatoms. The highest BCUT2D eigenvalue weighted by molar-refractivity contribution is 6.13. The van der Waals surface area contributed by atoms with Gasteiger partial charge in [0.25, 0.3) is 11.8 Å². The Kier molecular flexibility index (Phi) is 5.08. The van der Waals surface area contributed by atoms with Crippen LogP contribution in [0.3, 0.4) is 0 Å². The Morgan fingerprint density at radius 2 is 1.71 bits per heavy atom. The van der Waals surface area contributed by atoms with E-state index in [1.807, 2.05) is 60.7 Å². The van der Waals surface area contributed by atoms with Crippen LogP contribution in [0.1, 0.15) is 10.4 Å². The molecule has 4 heterocycles. The molecule has 6 aromatic rings. The SMILES string of the molecule is O=C(Nc1nnc(-c2ccco2)o1)c1cc(-c2ccccc2)nc2ccc(-c3cccnc3)cc12. The monoisotopic (exact) mass is 459 g/mol. The van der Waals surface area contributed by atoms with Gasteiger partial charge in [-0.25, -0.2) is 4.98 Å². The standard InChI is InChI=1S/C27H17N5O3/c33-25(30-27-32-31-26(35-27)24-9-5-13-34-24)21-15-23(17-6-2-1-3-7-17)29-22-11-10-18(14-20(21)22)19-8-4-12-28-16-19/h1-16H,(H,30,32,33). The molecular weight excluding hydrogens is 442 g/mol. The molecule has 0 bridgehead atoms. The highest BCUT2D eigenvalue weighted by atomic mass is 16.4. The van der Waals surface area contributed by atoms with Crippen LogP contribution >= 0.6 is 0 Å². The second kappa shape index (κ2) is 8.68. The van der Waals surface area contributed by atoms with Crippen molar-refractivity contribution < 1.29 is 13.6 Å². The molecule has 0 saturated carbocycles. The van der Waals surface area contributed by atoms with Crippen molar-refractivity contribution in [3.05, 3.63) is 103 Å². The Balaban J connectivity index is 1.44. The molecule has 6 rings (SSSR count). The molecule has 0 aliphatic carbocycles. The molecule has 35 heavy (non-hydrogen) atoms. The van der Waals surface area contributed by atoms with E-state index in [-0.39, 0.29) is 11.9 Å². The number of rotatable bonds is 5. The molecule has 1 amide bonds. The molecule has 4 aromatic heterocycles. The molecule has 0 unspecified atom stereocenters. The Hall–Kier alpha value is -5.11. The summed E-state index contributed by atoms with van der Waals surface area (Å²) in [5, 5.41) is 11.3. The Morgan fingerprint density at radius 1 is 0.829 bits per heavy atom. The van der Waals surface area contributed by atoms with Gasteiger partial charge in [-0.15, -0.1) is 5.10 Å². The maximum Gasteiger partial charge on any atom is 0.322 e. The van der Waals surface area contributed by atoms with Crippen molar-refractivity contribution in [2.24, 2.45) is 0 Å². The normalized spacial score (nSPS) is 11.0. The summed E-state index contributed by atoms with van der Waals surface area (Å²) in [6.07, 6.45) is 5.01. The van der Waals surface area contributed by atoms with Crippen molar-refractivity contribution in [3.8, 4) is 34.0 Å². The zero-order valence-electron chi connectivity index (χ0n) is 18.3. The molecule has 0 fully saturated rings. The summed E-state index contributed by atoms with van der Waals surface area (Å²) in [7, 11) is 0. The number of amides is 1. The van der Waals surface area contributed by atoms with Gasteiger partial charge in [0.2, 0.25) is 0 Å². The molecule has 0 atom stereocenters. The number of aromatic nitrogens is 4. The molecule has 0 radical (unpaired) electrons. The number of anilines is 1. The first-order chi connectivity index (χ1) is 17.2. The van der Waals surface area contributed by atoms with E-state index < -0.39 is 5.91 Å². The van der Waals surface area contributed by atoms with Crippen LogP contribution in [0.25, 0.3) is 44.9 Å². The number of nitrogens with zero attached hydrogens (tertiary/aromatic N) is 4.